The van der Waals surface area contributed by atoms with Gasteiger partial charge in [-0.3, -0.25) is 9.69 Å². The van der Waals surface area contributed by atoms with E-state index in [2.05, 4.69) is 44.8 Å². The highest BCUT2D eigenvalue weighted by Gasteiger charge is 2.39. The fourth-order valence-electron chi connectivity index (χ4n) is 6.20. The number of nitrogen functional groups attached to an aromatic ring is 1. The van der Waals surface area contributed by atoms with Gasteiger partial charge in [-0.15, -0.1) is 11.3 Å². The molecule has 2 aliphatic heterocycles. The Morgan fingerprint density at radius 2 is 1.74 bits per heavy atom. The van der Waals surface area contributed by atoms with Crippen LogP contribution in [-0.2, 0) is 10.2 Å². The largest absolute Gasteiger partial charge is 0.397 e. The molecule has 3 N–H and O–H groups in total. The van der Waals surface area contributed by atoms with Crippen molar-refractivity contribution in [2.24, 2.45) is 0 Å². The molecule has 4 aromatic rings. The fraction of sp³-hybridized carbons (Fsp3) is 0.364. The first kappa shape index (κ1) is 27.1. The number of piperazine rings is 1. The number of anilines is 3. The molecule has 42 heavy (non-hydrogen) atoms. The molecule has 0 unspecified atom stereocenters. The van der Waals surface area contributed by atoms with Crippen molar-refractivity contribution < 1.29 is 9.53 Å². The number of thiazole rings is 1. The van der Waals surface area contributed by atoms with E-state index in [9.17, 15) is 4.79 Å². The van der Waals surface area contributed by atoms with Gasteiger partial charge in [-0.05, 0) is 67.6 Å². The molecule has 0 atom stereocenters. The number of pyridine rings is 1. The van der Waals surface area contributed by atoms with Gasteiger partial charge in [0.1, 0.15) is 10.8 Å². The highest BCUT2D eigenvalue weighted by atomic mass is 32.1. The maximum atomic E-state index is 12.9. The zero-order valence-electron chi connectivity index (χ0n) is 23.7. The third-order valence-corrected chi connectivity index (χ3v) is 9.96. The zero-order valence-corrected chi connectivity index (χ0v) is 24.5. The second-order valence-electron chi connectivity index (χ2n) is 11.5. The molecule has 7 rings (SSSR count). The van der Waals surface area contributed by atoms with Gasteiger partial charge in [0.25, 0.3) is 5.91 Å². The highest BCUT2D eigenvalue weighted by Crippen LogP contribution is 2.43. The van der Waals surface area contributed by atoms with Crippen LogP contribution in [0.25, 0.3) is 11.3 Å². The molecular weight excluding hydrogens is 544 g/mol. The van der Waals surface area contributed by atoms with E-state index in [1.54, 1.807) is 23.5 Å². The summed E-state index contributed by atoms with van der Waals surface area (Å²) in [4.78, 5) is 27.9. The van der Waals surface area contributed by atoms with Crippen LogP contribution in [0.5, 0.6) is 0 Å². The highest BCUT2D eigenvalue weighted by molar-refractivity contribution is 7.10. The number of benzene rings is 2. The quantitative estimate of drug-likeness (QED) is 0.282. The van der Waals surface area contributed by atoms with Gasteiger partial charge in [-0.2, -0.15) is 0 Å². The minimum absolute atomic E-state index is 0.183. The zero-order chi connectivity index (χ0) is 28.5. The summed E-state index contributed by atoms with van der Waals surface area (Å²) in [6.07, 6.45) is 6.38. The van der Waals surface area contributed by atoms with Crippen LogP contribution in [0.3, 0.4) is 0 Å². The molecule has 0 radical (unpaired) electrons. The predicted octanol–water partition coefficient (Wildman–Crippen LogP) is 5.42. The number of para-hydroxylation sites is 2. The summed E-state index contributed by atoms with van der Waals surface area (Å²) in [6, 6.07) is 20.3. The van der Waals surface area contributed by atoms with Crippen molar-refractivity contribution in [2.45, 2.75) is 37.1 Å². The standard InChI is InChI=1S/C33H36N6O2S/c34-27-3-1-2-4-28(27)36-31(40)23-5-8-25(9-6-23)33(13-19-41-20-14-33)32-37-29(22-42-32)24-7-12-30(35-21-24)39-17-15-38(16-18-39)26-10-11-26/h1-9,12,21-22,26H,10-11,13-20,34H2,(H,36,40). The summed E-state index contributed by atoms with van der Waals surface area (Å²) in [5.74, 6) is 0.863. The maximum absolute atomic E-state index is 12.9. The van der Waals surface area contributed by atoms with Crippen LogP contribution >= 0.6 is 11.3 Å². The van der Waals surface area contributed by atoms with E-state index >= 15 is 0 Å². The number of nitrogens with one attached hydrogen (secondary N) is 1. The number of rotatable bonds is 7. The Labute approximate surface area is 250 Å². The number of carbonyl (C=O) groups excluding carboxylic acids is 1. The molecule has 3 aliphatic rings. The number of amides is 1. The van der Waals surface area contributed by atoms with Gasteiger partial charge in [-0.1, -0.05) is 24.3 Å². The Bertz CT molecular complexity index is 1540. The summed E-state index contributed by atoms with van der Waals surface area (Å²) >= 11 is 1.70. The molecule has 8 nitrogen and oxygen atoms in total. The Kier molecular flexibility index (Phi) is 7.39. The first-order chi connectivity index (χ1) is 20.6. The molecule has 0 spiro atoms. The lowest BCUT2D eigenvalue weighted by Crippen LogP contribution is -2.47. The van der Waals surface area contributed by atoms with E-state index in [-0.39, 0.29) is 11.3 Å². The third kappa shape index (κ3) is 5.40. The van der Waals surface area contributed by atoms with Crippen molar-refractivity contribution in [2.75, 3.05) is 55.3 Å². The summed E-state index contributed by atoms with van der Waals surface area (Å²) in [5.41, 5.74) is 10.6. The van der Waals surface area contributed by atoms with Crippen LogP contribution in [-0.4, -0.2) is 66.2 Å². The summed E-state index contributed by atoms with van der Waals surface area (Å²) < 4.78 is 5.78. The lowest BCUT2D eigenvalue weighted by molar-refractivity contribution is 0.0630. The number of nitrogens with zero attached hydrogens (tertiary/aromatic N) is 4. The molecule has 2 aromatic heterocycles. The van der Waals surface area contributed by atoms with Gasteiger partial charge in [0.05, 0.1) is 22.5 Å². The molecule has 1 aliphatic carbocycles. The van der Waals surface area contributed by atoms with Crippen molar-refractivity contribution in [1.82, 2.24) is 14.9 Å². The Morgan fingerprint density at radius 3 is 2.43 bits per heavy atom. The number of carbonyl (C=O) groups is 1. The van der Waals surface area contributed by atoms with Gasteiger partial charge in [-0.25, -0.2) is 9.97 Å². The van der Waals surface area contributed by atoms with Crippen LogP contribution in [0.4, 0.5) is 17.2 Å². The minimum atomic E-state index is -0.255. The van der Waals surface area contributed by atoms with Crippen LogP contribution in [0.1, 0.15) is 46.6 Å². The lowest BCUT2D eigenvalue weighted by Gasteiger charge is -2.36. The monoisotopic (exact) mass is 580 g/mol. The predicted molar refractivity (Wildman–Crippen MR) is 168 cm³/mol. The second-order valence-corrected chi connectivity index (χ2v) is 12.4. The normalized spacial score (nSPS) is 19.0. The van der Waals surface area contributed by atoms with Gasteiger partial charge in [0.2, 0.25) is 0 Å². The van der Waals surface area contributed by atoms with E-state index < -0.39 is 0 Å². The topological polar surface area (TPSA) is 96.6 Å². The second kappa shape index (κ2) is 11.5. The molecule has 216 valence electrons. The molecule has 3 fully saturated rings. The molecule has 4 heterocycles. The molecule has 1 amide bonds. The molecule has 2 aromatic carbocycles. The third-order valence-electron chi connectivity index (χ3n) is 8.91. The van der Waals surface area contributed by atoms with Crippen molar-refractivity contribution in [1.29, 1.82) is 0 Å². The van der Waals surface area contributed by atoms with Gasteiger partial charge >= 0.3 is 0 Å². The van der Waals surface area contributed by atoms with Crippen molar-refractivity contribution in [3.05, 3.63) is 88.4 Å². The average Bonchev–Trinajstić information content (AvgIpc) is 3.78. The van der Waals surface area contributed by atoms with Crippen LogP contribution < -0.4 is 16.0 Å². The van der Waals surface area contributed by atoms with E-state index in [0.717, 1.165) is 72.7 Å². The first-order valence-corrected chi connectivity index (χ1v) is 15.7. The van der Waals surface area contributed by atoms with Crippen molar-refractivity contribution in [3.8, 4) is 11.3 Å². The van der Waals surface area contributed by atoms with Crippen LogP contribution in [0.2, 0.25) is 0 Å². The molecular formula is C33H36N6O2S. The number of nitrogens with two attached hydrogens (primary N) is 1. The molecule has 0 bridgehead atoms. The number of hydrogen-bond acceptors (Lipinski definition) is 8. The summed E-state index contributed by atoms with van der Waals surface area (Å²) in [5, 5.41) is 6.14. The Hall–Kier alpha value is -3.79. The van der Waals surface area contributed by atoms with E-state index in [1.807, 2.05) is 30.5 Å². The Balaban J connectivity index is 1.08. The van der Waals surface area contributed by atoms with Gasteiger partial charge in [0, 0.05) is 68.1 Å². The number of ether oxygens (including phenoxy) is 1. The Morgan fingerprint density at radius 1 is 0.976 bits per heavy atom. The maximum Gasteiger partial charge on any atom is 0.255 e. The SMILES string of the molecule is Nc1ccccc1NC(=O)c1ccc(C2(c3nc(-c4ccc(N5CCN(C6CC6)CC5)nc4)cs3)CCOCC2)cc1. The van der Waals surface area contributed by atoms with Crippen LogP contribution in [0, 0.1) is 0 Å². The molecule has 9 heteroatoms. The summed E-state index contributed by atoms with van der Waals surface area (Å²) in [7, 11) is 0. The summed E-state index contributed by atoms with van der Waals surface area (Å²) in [6.45, 7) is 5.68. The lowest BCUT2D eigenvalue weighted by atomic mass is 9.74. The fourth-order valence-corrected chi connectivity index (χ4v) is 7.31. The van der Waals surface area contributed by atoms with Gasteiger partial charge in [0.15, 0.2) is 0 Å². The number of hydrogen-bond donors (Lipinski definition) is 2. The van der Waals surface area contributed by atoms with E-state index in [0.29, 0.717) is 30.2 Å². The van der Waals surface area contributed by atoms with Crippen molar-refractivity contribution in [3.63, 3.8) is 0 Å². The minimum Gasteiger partial charge on any atom is -0.397 e. The van der Waals surface area contributed by atoms with Crippen molar-refractivity contribution >= 4 is 34.4 Å². The molecule has 2 saturated heterocycles. The van der Waals surface area contributed by atoms with Gasteiger partial charge < -0.3 is 20.7 Å². The smallest absolute Gasteiger partial charge is 0.255 e. The number of aromatic nitrogens is 2. The van der Waals surface area contributed by atoms with E-state index in [4.69, 9.17) is 20.4 Å². The van der Waals surface area contributed by atoms with E-state index in [1.165, 1.54) is 12.8 Å². The van der Waals surface area contributed by atoms with Crippen LogP contribution in [0.15, 0.2) is 72.2 Å². The first-order valence-electron chi connectivity index (χ1n) is 14.8. The molecule has 1 saturated carbocycles. The average molecular weight is 581 g/mol.